The van der Waals surface area contributed by atoms with E-state index in [0.717, 1.165) is 29.4 Å². The Hall–Kier alpha value is -3.02. The molecule has 0 saturated heterocycles. The van der Waals surface area contributed by atoms with Gasteiger partial charge in [0.2, 0.25) is 5.91 Å². The number of hydrogen-bond donors (Lipinski definition) is 2. The molecule has 3 aromatic rings. The molecule has 6 heteroatoms. The lowest BCUT2D eigenvalue weighted by Crippen LogP contribution is -2.35. The standard InChI is InChI=1S/C20H20N2O4/c23-19(21-6-7-22-20(24)17-5-2-8-25-17)11-15-12-26-18-10-14-4-1-3-13(14)9-16(15)18/h2,5,8-10,12H,1,3-4,6-7,11H2,(H,21,23)(H,22,24). The summed E-state index contributed by atoms with van der Waals surface area (Å²) in [7, 11) is 0. The second-order valence-electron chi connectivity index (χ2n) is 6.49. The van der Waals surface area contributed by atoms with E-state index in [0.29, 0.717) is 13.1 Å². The second-order valence-corrected chi connectivity index (χ2v) is 6.49. The summed E-state index contributed by atoms with van der Waals surface area (Å²) in [5.74, 6) is -0.131. The maximum Gasteiger partial charge on any atom is 0.287 e. The van der Waals surface area contributed by atoms with Crippen LogP contribution in [0.3, 0.4) is 0 Å². The molecule has 4 rings (SSSR count). The van der Waals surface area contributed by atoms with Crippen LogP contribution >= 0.6 is 0 Å². The zero-order valence-electron chi connectivity index (χ0n) is 14.3. The Balaban J connectivity index is 1.30. The van der Waals surface area contributed by atoms with Crippen molar-refractivity contribution < 1.29 is 18.4 Å². The van der Waals surface area contributed by atoms with Crippen LogP contribution in [0.25, 0.3) is 11.0 Å². The average molecular weight is 352 g/mol. The minimum absolute atomic E-state index is 0.0968. The highest BCUT2D eigenvalue weighted by atomic mass is 16.3. The van der Waals surface area contributed by atoms with Crippen molar-refractivity contribution in [1.29, 1.82) is 0 Å². The third-order valence-corrected chi connectivity index (χ3v) is 4.70. The molecule has 0 atom stereocenters. The topological polar surface area (TPSA) is 84.5 Å². The van der Waals surface area contributed by atoms with Crippen molar-refractivity contribution in [2.45, 2.75) is 25.7 Å². The molecule has 0 spiro atoms. The van der Waals surface area contributed by atoms with E-state index in [9.17, 15) is 9.59 Å². The minimum Gasteiger partial charge on any atom is -0.464 e. The van der Waals surface area contributed by atoms with Crippen LogP contribution in [0.4, 0.5) is 0 Å². The van der Waals surface area contributed by atoms with Gasteiger partial charge in [0.05, 0.1) is 18.9 Å². The van der Waals surface area contributed by atoms with Crippen LogP contribution in [0.1, 0.15) is 33.7 Å². The SMILES string of the molecule is O=C(Cc1coc2cc3c(cc12)CCC3)NCCNC(=O)c1ccco1. The molecule has 2 aromatic heterocycles. The summed E-state index contributed by atoms with van der Waals surface area (Å²) in [6.07, 6.45) is 6.75. The Morgan fingerprint density at radius 1 is 1.04 bits per heavy atom. The Labute approximate surface area is 150 Å². The molecule has 2 heterocycles. The Morgan fingerprint density at radius 3 is 2.65 bits per heavy atom. The van der Waals surface area contributed by atoms with Crippen LogP contribution in [0.2, 0.25) is 0 Å². The van der Waals surface area contributed by atoms with Gasteiger partial charge in [0.1, 0.15) is 5.58 Å². The van der Waals surface area contributed by atoms with Gasteiger partial charge in [-0.2, -0.15) is 0 Å². The van der Waals surface area contributed by atoms with Gasteiger partial charge in [-0.05, 0) is 54.7 Å². The van der Waals surface area contributed by atoms with Crippen LogP contribution in [0, 0.1) is 0 Å². The predicted octanol–water partition coefficient (Wildman–Crippen LogP) is 2.60. The molecule has 1 aliphatic carbocycles. The van der Waals surface area contributed by atoms with E-state index in [4.69, 9.17) is 8.83 Å². The first kappa shape index (κ1) is 16.4. The van der Waals surface area contributed by atoms with Crippen molar-refractivity contribution in [2.24, 2.45) is 0 Å². The number of carbonyl (C=O) groups excluding carboxylic acids is 2. The van der Waals surface area contributed by atoms with E-state index in [-0.39, 0.29) is 24.0 Å². The van der Waals surface area contributed by atoms with Crippen LogP contribution in [0.15, 0.2) is 45.6 Å². The highest BCUT2D eigenvalue weighted by Gasteiger charge is 2.16. The number of nitrogens with one attached hydrogen (secondary N) is 2. The van der Waals surface area contributed by atoms with Gasteiger partial charge < -0.3 is 19.5 Å². The molecule has 134 valence electrons. The number of benzene rings is 1. The van der Waals surface area contributed by atoms with Gasteiger partial charge >= 0.3 is 0 Å². The number of hydrogen-bond acceptors (Lipinski definition) is 4. The average Bonchev–Trinajstić information content (AvgIpc) is 3.37. The van der Waals surface area contributed by atoms with Crippen LogP contribution in [-0.2, 0) is 24.1 Å². The van der Waals surface area contributed by atoms with Gasteiger partial charge in [-0.3, -0.25) is 9.59 Å². The fourth-order valence-electron chi connectivity index (χ4n) is 3.39. The normalized spacial score (nSPS) is 12.9. The molecule has 0 aliphatic heterocycles. The van der Waals surface area contributed by atoms with E-state index in [2.05, 4.69) is 22.8 Å². The number of aryl methyl sites for hydroxylation is 2. The summed E-state index contributed by atoms with van der Waals surface area (Å²) in [4.78, 5) is 23.9. The van der Waals surface area contributed by atoms with Crippen molar-refractivity contribution in [3.05, 3.63) is 59.2 Å². The van der Waals surface area contributed by atoms with Gasteiger partial charge in [0.25, 0.3) is 5.91 Å². The number of furan rings is 2. The molecule has 26 heavy (non-hydrogen) atoms. The third kappa shape index (κ3) is 3.35. The Morgan fingerprint density at radius 2 is 1.85 bits per heavy atom. The van der Waals surface area contributed by atoms with Gasteiger partial charge in [-0.1, -0.05) is 0 Å². The highest BCUT2D eigenvalue weighted by molar-refractivity contribution is 5.91. The van der Waals surface area contributed by atoms with Crippen molar-refractivity contribution >= 4 is 22.8 Å². The van der Waals surface area contributed by atoms with E-state index in [1.807, 2.05) is 0 Å². The van der Waals surface area contributed by atoms with Crippen molar-refractivity contribution in [3.63, 3.8) is 0 Å². The van der Waals surface area contributed by atoms with Gasteiger partial charge in [-0.15, -0.1) is 0 Å². The lowest BCUT2D eigenvalue weighted by atomic mass is 10.0. The van der Waals surface area contributed by atoms with Crippen molar-refractivity contribution in [2.75, 3.05) is 13.1 Å². The molecular weight excluding hydrogens is 332 g/mol. The first-order valence-electron chi connectivity index (χ1n) is 8.81. The fourth-order valence-corrected chi connectivity index (χ4v) is 3.39. The Bertz CT molecular complexity index is 940. The van der Waals surface area contributed by atoms with Crippen LogP contribution < -0.4 is 10.6 Å². The lowest BCUT2D eigenvalue weighted by molar-refractivity contribution is -0.120. The molecule has 2 amide bonds. The molecule has 0 saturated carbocycles. The summed E-state index contributed by atoms with van der Waals surface area (Å²) < 4.78 is 10.6. The van der Waals surface area contributed by atoms with Crippen LogP contribution in [-0.4, -0.2) is 24.9 Å². The maximum absolute atomic E-state index is 12.2. The molecule has 1 aromatic carbocycles. The maximum atomic E-state index is 12.2. The largest absolute Gasteiger partial charge is 0.464 e. The highest BCUT2D eigenvalue weighted by Crippen LogP contribution is 2.30. The van der Waals surface area contributed by atoms with E-state index < -0.39 is 0 Å². The van der Waals surface area contributed by atoms with Gasteiger partial charge in [0.15, 0.2) is 5.76 Å². The molecule has 0 radical (unpaired) electrons. The molecule has 0 bridgehead atoms. The van der Waals surface area contributed by atoms with E-state index in [1.54, 1.807) is 18.4 Å². The van der Waals surface area contributed by atoms with E-state index >= 15 is 0 Å². The summed E-state index contributed by atoms with van der Waals surface area (Å²) in [5.41, 5.74) is 4.46. The minimum atomic E-state index is -0.293. The third-order valence-electron chi connectivity index (χ3n) is 4.70. The molecule has 0 fully saturated rings. The van der Waals surface area contributed by atoms with Crippen molar-refractivity contribution in [3.8, 4) is 0 Å². The lowest BCUT2D eigenvalue weighted by Gasteiger charge is -2.06. The molecule has 6 nitrogen and oxygen atoms in total. The number of rotatable bonds is 6. The fraction of sp³-hybridized carbons (Fsp3) is 0.300. The first-order chi connectivity index (χ1) is 12.7. The predicted molar refractivity (Wildman–Crippen MR) is 96.0 cm³/mol. The van der Waals surface area contributed by atoms with Gasteiger partial charge in [-0.25, -0.2) is 0 Å². The molecule has 2 N–H and O–H groups in total. The molecule has 0 unspecified atom stereocenters. The summed E-state index contributed by atoms with van der Waals surface area (Å²) in [6, 6.07) is 7.51. The zero-order chi connectivity index (χ0) is 17.9. The summed E-state index contributed by atoms with van der Waals surface area (Å²) in [5, 5.41) is 6.52. The monoisotopic (exact) mass is 352 g/mol. The van der Waals surface area contributed by atoms with Gasteiger partial charge in [0, 0.05) is 24.0 Å². The number of carbonyl (C=O) groups is 2. The zero-order valence-corrected chi connectivity index (χ0v) is 14.3. The van der Waals surface area contributed by atoms with Crippen LogP contribution in [0.5, 0.6) is 0 Å². The smallest absolute Gasteiger partial charge is 0.287 e. The molecule has 1 aliphatic rings. The summed E-state index contributed by atoms with van der Waals surface area (Å²) in [6.45, 7) is 0.696. The quantitative estimate of drug-likeness (QED) is 0.668. The molecular formula is C20H20N2O4. The van der Waals surface area contributed by atoms with Crippen molar-refractivity contribution in [1.82, 2.24) is 10.6 Å². The summed E-state index contributed by atoms with van der Waals surface area (Å²) >= 11 is 0. The first-order valence-corrected chi connectivity index (χ1v) is 8.81. The number of amides is 2. The second kappa shape index (κ2) is 7.07. The number of fused-ring (bicyclic) bond motifs is 2. The Kier molecular flexibility index (Phi) is 4.48. The van der Waals surface area contributed by atoms with E-state index in [1.165, 1.54) is 23.8 Å².